The number of nitrogens with zero attached hydrogens (tertiary/aromatic N) is 1. The van der Waals surface area contributed by atoms with Crippen molar-refractivity contribution in [3.63, 3.8) is 0 Å². The highest BCUT2D eigenvalue weighted by atomic mass is 35.5. The first kappa shape index (κ1) is 16.2. The maximum atomic E-state index is 4.05. The van der Waals surface area contributed by atoms with Gasteiger partial charge in [-0.05, 0) is 50.9 Å². The molecule has 0 bridgehead atoms. The van der Waals surface area contributed by atoms with Gasteiger partial charge in [-0.1, -0.05) is 12.8 Å². The Kier molecular flexibility index (Phi) is 5.06. The van der Waals surface area contributed by atoms with Gasteiger partial charge in [0.25, 0.3) is 0 Å². The molecule has 1 saturated carbocycles. The van der Waals surface area contributed by atoms with Crippen molar-refractivity contribution in [3.05, 3.63) is 24.0 Å². The van der Waals surface area contributed by atoms with E-state index in [1.54, 1.807) is 5.69 Å². The van der Waals surface area contributed by atoms with Gasteiger partial charge in [0.05, 0.1) is 5.54 Å². The minimum atomic E-state index is 0. The summed E-state index contributed by atoms with van der Waals surface area (Å²) in [5.74, 6) is 0. The number of hydrogen-bond donors (Lipinski definition) is 2. The molecule has 3 heterocycles. The fourth-order valence-corrected chi connectivity index (χ4v) is 4.38. The number of fused-ring (bicyclic) bond motifs is 4. The Labute approximate surface area is 133 Å². The Morgan fingerprint density at radius 2 is 1.85 bits per heavy atom. The number of halogens is 2. The van der Waals surface area contributed by atoms with Crippen molar-refractivity contribution >= 4 is 24.8 Å². The van der Waals surface area contributed by atoms with Gasteiger partial charge >= 0.3 is 0 Å². The second kappa shape index (κ2) is 6.27. The lowest BCUT2D eigenvalue weighted by Crippen LogP contribution is -2.60. The fourth-order valence-electron chi connectivity index (χ4n) is 4.38. The van der Waals surface area contributed by atoms with Crippen molar-refractivity contribution in [3.8, 4) is 0 Å². The van der Waals surface area contributed by atoms with Crippen LogP contribution in [0.4, 0.5) is 0 Å². The van der Waals surface area contributed by atoms with Gasteiger partial charge in [-0.15, -0.1) is 24.8 Å². The first-order valence-corrected chi connectivity index (χ1v) is 7.55. The third-order valence-electron chi connectivity index (χ3n) is 5.27. The van der Waals surface area contributed by atoms with Crippen molar-refractivity contribution in [2.45, 2.75) is 56.1 Å². The third kappa shape index (κ3) is 2.39. The summed E-state index contributed by atoms with van der Waals surface area (Å²) in [6, 6.07) is 6.02. The fraction of sp³-hybridized carbons (Fsp3) is 0.733. The normalized spacial score (nSPS) is 30.6. The number of hydrogen-bond acceptors (Lipinski definition) is 2. The molecule has 1 aliphatic carbocycles. The van der Waals surface area contributed by atoms with Crippen LogP contribution in [0.1, 0.15) is 50.3 Å². The lowest BCUT2D eigenvalue weighted by atomic mass is 9.78. The van der Waals surface area contributed by atoms with Crippen LogP contribution in [0, 0.1) is 0 Å². The Morgan fingerprint density at radius 1 is 1.10 bits per heavy atom. The molecule has 2 aliphatic heterocycles. The second-order valence-corrected chi connectivity index (χ2v) is 6.24. The quantitative estimate of drug-likeness (QED) is 0.770. The molecule has 20 heavy (non-hydrogen) atoms. The van der Waals surface area contributed by atoms with E-state index in [2.05, 4.69) is 33.5 Å². The van der Waals surface area contributed by atoms with Gasteiger partial charge in [-0.3, -0.25) is 0 Å². The average molecular weight is 318 g/mol. The van der Waals surface area contributed by atoms with Crippen molar-refractivity contribution < 1.29 is 0 Å². The molecule has 1 aromatic heterocycles. The van der Waals surface area contributed by atoms with Gasteiger partial charge in [0.1, 0.15) is 0 Å². The van der Waals surface area contributed by atoms with Gasteiger partial charge in [0, 0.05) is 24.0 Å². The third-order valence-corrected chi connectivity index (χ3v) is 5.27. The molecule has 5 heteroatoms. The molecule has 2 atom stereocenters. The first-order chi connectivity index (χ1) is 8.89. The van der Waals surface area contributed by atoms with Crippen LogP contribution in [0.15, 0.2) is 18.3 Å². The summed E-state index contributed by atoms with van der Waals surface area (Å²) >= 11 is 0. The predicted molar refractivity (Wildman–Crippen MR) is 87.1 cm³/mol. The summed E-state index contributed by atoms with van der Waals surface area (Å²) in [5, 5.41) is 7.55. The Bertz CT molecular complexity index is 440. The summed E-state index contributed by atoms with van der Waals surface area (Å²) in [7, 11) is 0. The van der Waals surface area contributed by atoms with Crippen molar-refractivity contribution in [2.75, 3.05) is 13.1 Å². The molecule has 0 aromatic carbocycles. The van der Waals surface area contributed by atoms with Crippen LogP contribution in [-0.4, -0.2) is 23.7 Å². The molecule has 3 nitrogen and oxygen atoms in total. The van der Waals surface area contributed by atoms with Gasteiger partial charge in [0.2, 0.25) is 0 Å². The molecular weight excluding hydrogens is 293 g/mol. The summed E-state index contributed by atoms with van der Waals surface area (Å²) in [5.41, 5.74) is 1.81. The summed E-state index contributed by atoms with van der Waals surface area (Å²) < 4.78 is 2.60. The smallest absolute Gasteiger partial charge is 0.0615 e. The van der Waals surface area contributed by atoms with Crippen LogP contribution in [-0.2, 0) is 5.54 Å². The van der Waals surface area contributed by atoms with E-state index < -0.39 is 0 Å². The SMILES string of the molecule is Cl.Cl.c1cc2n(c1)C1CCCCC1NC21CCNCC1. The van der Waals surface area contributed by atoms with Crippen molar-refractivity contribution in [2.24, 2.45) is 0 Å². The zero-order valence-corrected chi connectivity index (χ0v) is 13.4. The predicted octanol–water partition coefficient (Wildman–Crippen LogP) is 3.00. The zero-order chi connectivity index (χ0) is 12.0. The molecule has 4 rings (SSSR count). The number of nitrogens with one attached hydrogen (secondary N) is 2. The molecule has 0 radical (unpaired) electrons. The molecule has 1 saturated heterocycles. The molecule has 1 spiro atoms. The average Bonchev–Trinajstić information content (AvgIpc) is 2.90. The Hall–Kier alpha value is -0.220. The van der Waals surface area contributed by atoms with E-state index in [0.29, 0.717) is 12.1 Å². The number of aromatic nitrogens is 1. The minimum absolute atomic E-state index is 0. The molecular formula is C15H25Cl2N3. The lowest BCUT2D eigenvalue weighted by molar-refractivity contribution is 0.114. The zero-order valence-electron chi connectivity index (χ0n) is 11.8. The Balaban J connectivity index is 0.000000735. The second-order valence-electron chi connectivity index (χ2n) is 6.24. The van der Waals surface area contributed by atoms with Crippen molar-refractivity contribution in [1.29, 1.82) is 0 Å². The standard InChI is InChI=1S/C15H23N3.2ClH/c1-2-5-13-12(4-1)17-15(7-9-16-10-8-15)14-6-3-11-18(13)14;;/h3,6,11-13,16-17H,1-2,4-5,7-10H2;2*1H. The van der Waals surface area contributed by atoms with Gasteiger partial charge in [-0.2, -0.15) is 0 Å². The van der Waals surface area contributed by atoms with Crippen LogP contribution in [0.3, 0.4) is 0 Å². The number of piperidine rings is 1. The molecule has 0 amide bonds. The van der Waals surface area contributed by atoms with Gasteiger partial charge in [-0.25, -0.2) is 0 Å². The van der Waals surface area contributed by atoms with E-state index in [9.17, 15) is 0 Å². The van der Waals surface area contributed by atoms with Gasteiger partial charge in [0.15, 0.2) is 0 Å². The van der Waals surface area contributed by atoms with Crippen molar-refractivity contribution in [1.82, 2.24) is 15.2 Å². The van der Waals surface area contributed by atoms with Crippen LogP contribution in [0.2, 0.25) is 0 Å². The maximum absolute atomic E-state index is 4.05. The largest absolute Gasteiger partial charge is 0.345 e. The van der Waals surface area contributed by atoms with E-state index in [1.807, 2.05) is 0 Å². The summed E-state index contributed by atoms with van der Waals surface area (Å²) in [6.45, 7) is 2.30. The molecule has 114 valence electrons. The summed E-state index contributed by atoms with van der Waals surface area (Å²) in [6.07, 6.45) is 10.3. The van der Waals surface area contributed by atoms with E-state index in [-0.39, 0.29) is 30.4 Å². The highest BCUT2D eigenvalue weighted by molar-refractivity contribution is 5.85. The Morgan fingerprint density at radius 3 is 2.65 bits per heavy atom. The minimum Gasteiger partial charge on any atom is -0.345 e. The molecule has 1 aromatic rings. The topological polar surface area (TPSA) is 29.0 Å². The van der Waals surface area contributed by atoms with E-state index in [1.165, 1.54) is 38.5 Å². The van der Waals surface area contributed by atoms with Gasteiger partial charge < -0.3 is 15.2 Å². The van der Waals surface area contributed by atoms with E-state index in [0.717, 1.165) is 13.1 Å². The van der Waals surface area contributed by atoms with Crippen LogP contribution >= 0.6 is 24.8 Å². The lowest BCUT2D eigenvalue weighted by Gasteiger charge is -2.50. The highest BCUT2D eigenvalue weighted by Gasteiger charge is 2.44. The molecule has 2 unspecified atom stereocenters. The van der Waals surface area contributed by atoms with Crippen LogP contribution in [0.25, 0.3) is 0 Å². The van der Waals surface area contributed by atoms with E-state index >= 15 is 0 Å². The first-order valence-electron chi connectivity index (χ1n) is 7.55. The number of rotatable bonds is 0. The maximum Gasteiger partial charge on any atom is 0.0615 e. The molecule has 3 aliphatic rings. The van der Waals surface area contributed by atoms with Crippen LogP contribution in [0.5, 0.6) is 0 Å². The monoisotopic (exact) mass is 317 g/mol. The highest BCUT2D eigenvalue weighted by Crippen LogP contribution is 2.42. The van der Waals surface area contributed by atoms with Crippen LogP contribution < -0.4 is 10.6 Å². The molecule has 2 fully saturated rings. The van der Waals surface area contributed by atoms with E-state index in [4.69, 9.17) is 0 Å². The molecule has 2 N–H and O–H groups in total. The summed E-state index contributed by atoms with van der Waals surface area (Å²) in [4.78, 5) is 0.